The highest BCUT2D eigenvalue weighted by molar-refractivity contribution is 8.04. The van der Waals surface area contributed by atoms with Crippen molar-refractivity contribution >= 4 is 39.4 Å². The van der Waals surface area contributed by atoms with Gasteiger partial charge in [-0.2, -0.15) is 26.0 Å². The molecule has 0 bridgehead atoms. The molecule has 0 heterocycles. The molecule has 51 heavy (non-hydrogen) atoms. The average Bonchev–Trinajstić information content (AvgIpc) is 3.07. The molecule has 5 aromatic carbocycles. The van der Waals surface area contributed by atoms with E-state index >= 15 is 0 Å². The van der Waals surface area contributed by atoms with Gasteiger partial charge in [0.1, 0.15) is 45.3 Å². The second-order valence-corrected chi connectivity index (χ2v) is 14.3. The number of benzene rings is 5. The van der Waals surface area contributed by atoms with Gasteiger partial charge in [0.2, 0.25) is 0 Å². The van der Waals surface area contributed by atoms with E-state index in [1.54, 1.807) is 24.3 Å². The van der Waals surface area contributed by atoms with Crippen LogP contribution in [0.15, 0.2) is 118 Å². The molecule has 0 aliphatic heterocycles. The van der Waals surface area contributed by atoms with Crippen LogP contribution in [0.3, 0.4) is 0 Å². The summed E-state index contributed by atoms with van der Waals surface area (Å²) < 4.78 is 138. The summed E-state index contributed by atoms with van der Waals surface area (Å²) in [5.41, 5.74) is 1.84. The summed E-state index contributed by atoms with van der Waals surface area (Å²) in [4.78, 5) is 10.2. The lowest BCUT2D eigenvalue weighted by atomic mass is 10.0. The van der Waals surface area contributed by atoms with Crippen molar-refractivity contribution in [1.29, 1.82) is 0 Å². The van der Waals surface area contributed by atoms with Gasteiger partial charge in [0.05, 0.1) is 7.11 Å². The first-order valence-corrected chi connectivity index (χ1v) is 17.5. The average molecular weight is 767 g/mol. The van der Waals surface area contributed by atoms with E-state index in [9.17, 15) is 44.1 Å². The van der Waals surface area contributed by atoms with E-state index in [0.29, 0.717) is 23.3 Å². The normalized spacial score (nSPS) is 12.0. The minimum atomic E-state index is -4.98. The predicted octanol–water partition coefficient (Wildman–Crippen LogP) is 10.4. The highest BCUT2D eigenvalue weighted by atomic mass is 32.2. The molecule has 5 rings (SSSR count). The number of ether oxygens (including phenoxy) is 3. The van der Waals surface area contributed by atoms with Crippen LogP contribution in [0.4, 0.5) is 26.3 Å². The number of ketones is 1. The number of thioether (sulfide) groups is 2. The molecule has 0 aliphatic rings. The van der Waals surface area contributed by atoms with E-state index in [4.69, 9.17) is 14.2 Å². The Hall–Kier alpha value is -4.64. The van der Waals surface area contributed by atoms with Gasteiger partial charge < -0.3 is 14.2 Å². The van der Waals surface area contributed by atoms with Crippen LogP contribution in [-0.4, -0.2) is 36.4 Å². The number of carbonyl (C=O) groups excluding carboxylic acids is 1. The number of hydrogen-bond donors (Lipinski definition) is 1. The first-order valence-electron chi connectivity index (χ1n) is 14.4. The zero-order chi connectivity index (χ0) is 37.1. The summed E-state index contributed by atoms with van der Waals surface area (Å²) in [5, 5.41) is -9.83. The first kappa shape index (κ1) is 37.6. The summed E-state index contributed by atoms with van der Waals surface area (Å²) in [7, 11) is -3.78. The van der Waals surface area contributed by atoms with Gasteiger partial charge in [-0.15, -0.1) is 0 Å². The van der Waals surface area contributed by atoms with E-state index in [2.05, 4.69) is 0 Å². The molecule has 1 N–H and O–H groups in total. The number of hydrogen-bond acceptors (Lipinski definition) is 8. The third-order valence-corrected chi connectivity index (χ3v) is 10.1. The van der Waals surface area contributed by atoms with Crippen molar-refractivity contribution in [3.8, 4) is 28.7 Å². The monoisotopic (exact) mass is 766 g/mol. The van der Waals surface area contributed by atoms with Gasteiger partial charge in [0.15, 0.2) is 5.78 Å². The molecular weight excluding hydrogens is 743 g/mol. The zero-order valence-corrected chi connectivity index (χ0v) is 28.7. The van der Waals surface area contributed by atoms with Gasteiger partial charge in [-0.3, -0.25) is 9.35 Å². The maximum Gasteiger partial charge on any atom is 0.370 e. The molecule has 0 saturated heterocycles. The van der Waals surface area contributed by atoms with Crippen LogP contribution < -0.4 is 14.2 Å². The van der Waals surface area contributed by atoms with Crippen molar-refractivity contribution in [3.05, 3.63) is 131 Å². The third kappa shape index (κ3) is 9.00. The van der Waals surface area contributed by atoms with E-state index in [1.807, 2.05) is 6.92 Å². The van der Waals surface area contributed by atoms with Crippen LogP contribution in [0.2, 0.25) is 0 Å². The Labute approximate surface area is 296 Å². The lowest BCUT2D eigenvalue weighted by Gasteiger charge is -2.25. The fourth-order valence-electron chi connectivity index (χ4n) is 4.36. The molecule has 16 heteroatoms. The third-order valence-electron chi connectivity index (χ3n) is 6.94. The Morgan fingerprint density at radius 1 is 0.647 bits per heavy atom. The largest absolute Gasteiger partial charge is 0.497 e. The molecule has 0 unspecified atom stereocenters. The Balaban J connectivity index is 1.29. The fourth-order valence-corrected chi connectivity index (χ4v) is 6.62. The lowest BCUT2D eigenvalue weighted by Crippen LogP contribution is -2.34. The van der Waals surface area contributed by atoms with Crippen molar-refractivity contribution in [1.82, 2.24) is 0 Å². The SMILES string of the molecule is COc1ccc(SC(F)(F)C(F)(F)Sc2ccc(Oc3ccc(Oc4ccc(C(=O)c5ccc(C)cc5)cc4)cc3S(=O)(=O)O)cc2F)c(F)c1. The maximum absolute atomic E-state index is 14.9. The van der Waals surface area contributed by atoms with Crippen molar-refractivity contribution < 1.29 is 58.3 Å². The molecular formula is C35H24F6O7S3. The minimum Gasteiger partial charge on any atom is -0.497 e. The summed E-state index contributed by atoms with van der Waals surface area (Å²) in [6.45, 7) is 1.89. The quantitative estimate of drug-likeness (QED) is 0.0543. The maximum atomic E-state index is 14.9. The first-order chi connectivity index (χ1) is 24.0. The Morgan fingerprint density at radius 2 is 1.10 bits per heavy atom. The second kappa shape index (κ2) is 14.9. The number of carbonyl (C=O) groups is 1. The number of alkyl halides is 4. The number of aryl methyl sites for hydroxylation is 1. The van der Waals surface area contributed by atoms with Gasteiger partial charge in [-0.25, -0.2) is 8.78 Å². The van der Waals surface area contributed by atoms with Gasteiger partial charge in [-0.05, 0) is 91.1 Å². The summed E-state index contributed by atoms with van der Waals surface area (Å²) in [6.07, 6.45) is 0. The summed E-state index contributed by atoms with van der Waals surface area (Å²) >= 11 is -1.56. The van der Waals surface area contributed by atoms with Crippen LogP contribution in [0.25, 0.3) is 0 Å². The van der Waals surface area contributed by atoms with Gasteiger partial charge in [-0.1, -0.05) is 29.8 Å². The molecule has 0 radical (unpaired) electrons. The van der Waals surface area contributed by atoms with Gasteiger partial charge in [0, 0.05) is 39.1 Å². The molecule has 0 saturated carbocycles. The Kier molecular flexibility index (Phi) is 11.0. The molecule has 5 aromatic rings. The number of halogens is 6. The molecule has 0 spiro atoms. The van der Waals surface area contributed by atoms with E-state index in [1.165, 1.54) is 37.4 Å². The molecule has 0 fully saturated rings. The van der Waals surface area contributed by atoms with Crippen LogP contribution >= 0.6 is 23.5 Å². The highest BCUT2D eigenvalue weighted by Crippen LogP contribution is 2.55. The van der Waals surface area contributed by atoms with E-state index < -0.39 is 82.0 Å². The van der Waals surface area contributed by atoms with Gasteiger partial charge >= 0.3 is 10.5 Å². The van der Waals surface area contributed by atoms with Crippen molar-refractivity contribution in [2.75, 3.05) is 7.11 Å². The molecule has 266 valence electrons. The Morgan fingerprint density at radius 3 is 1.61 bits per heavy atom. The van der Waals surface area contributed by atoms with E-state index in [-0.39, 0.29) is 23.0 Å². The molecule has 0 amide bonds. The zero-order valence-electron chi connectivity index (χ0n) is 26.2. The minimum absolute atomic E-state index is 0.0195. The lowest BCUT2D eigenvalue weighted by molar-refractivity contribution is -0.0835. The molecule has 0 atom stereocenters. The summed E-state index contributed by atoms with van der Waals surface area (Å²) in [6, 6.07) is 21.0. The molecule has 0 aliphatic carbocycles. The number of rotatable bonds is 13. The van der Waals surface area contributed by atoms with Crippen molar-refractivity contribution in [2.24, 2.45) is 0 Å². The fraction of sp³-hybridized carbons (Fsp3) is 0.114. The van der Waals surface area contributed by atoms with E-state index in [0.717, 1.165) is 42.0 Å². The highest BCUT2D eigenvalue weighted by Gasteiger charge is 2.58. The van der Waals surface area contributed by atoms with Crippen LogP contribution in [-0.2, 0) is 10.1 Å². The topological polar surface area (TPSA) is 99.1 Å². The number of methoxy groups -OCH3 is 1. The van der Waals surface area contributed by atoms with Crippen molar-refractivity contribution in [2.45, 2.75) is 32.1 Å². The standard InChI is InChI=1S/C35H24F6O7S3/c1-20-3-5-21(6-4-20)33(42)22-7-9-23(10-8-22)47-26-11-14-29(32(19-26)51(43,44)45)48-25-13-16-31(28(37)18-25)50-35(40,41)34(38,39)49-30-15-12-24(46-2)17-27(30)36/h3-19H,1-2H3,(H,43,44,45). The van der Waals surface area contributed by atoms with Gasteiger partial charge in [0.25, 0.3) is 10.1 Å². The van der Waals surface area contributed by atoms with Crippen LogP contribution in [0.1, 0.15) is 21.5 Å². The molecule has 7 nitrogen and oxygen atoms in total. The predicted molar refractivity (Wildman–Crippen MR) is 178 cm³/mol. The second-order valence-electron chi connectivity index (χ2n) is 10.6. The molecule has 0 aromatic heterocycles. The Bertz CT molecular complexity index is 2180. The smallest absolute Gasteiger partial charge is 0.370 e. The van der Waals surface area contributed by atoms with Crippen LogP contribution in [0.5, 0.6) is 28.7 Å². The van der Waals surface area contributed by atoms with Crippen molar-refractivity contribution in [3.63, 3.8) is 0 Å². The summed E-state index contributed by atoms with van der Waals surface area (Å²) in [5.74, 6) is -3.73. The van der Waals surface area contributed by atoms with Crippen LogP contribution in [0, 0.1) is 18.6 Å².